The van der Waals surface area contributed by atoms with E-state index < -0.39 is 5.97 Å². The van der Waals surface area contributed by atoms with Crippen LogP contribution in [-0.2, 0) is 4.79 Å². The lowest BCUT2D eigenvalue weighted by atomic mass is 10.3. The first-order valence-corrected chi connectivity index (χ1v) is 5.93. The zero-order chi connectivity index (χ0) is 11.5. The third-order valence-corrected chi connectivity index (χ3v) is 3.24. The number of rotatable bonds is 6. The van der Waals surface area contributed by atoms with Crippen molar-refractivity contribution in [3.63, 3.8) is 0 Å². The second-order valence-electron chi connectivity index (χ2n) is 4.74. The molecule has 2 atom stereocenters. The molecule has 0 spiro atoms. The van der Waals surface area contributed by atoms with Crippen molar-refractivity contribution in [2.45, 2.75) is 38.1 Å². The zero-order valence-corrected chi connectivity index (χ0v) is 9.24. The van der Waals surface area contributed by atoms with Gasteiger partial charge in [-0.1, -0.05) is 0 Å². The summed E-state index contributed by atoms with van der Waals surface area (Å²) in [5, 5.41) is 14.0. The van der Waals surface area contributed by atoms with Crippen LogP contribution in [0.5, 0.6) is 0 Å². The smallest absolute Gasteiger partial charge is 0.315 e. The van der Waals surface area contributed by atoms with E-state index >= 15 is 0 Å². The van der Waals surface area contributed by atoms with Gasteiger partial charge < -0.3 is 15.7 Å². The molecule has 0 unspecified atom stereocenters. The van der Waals surface area contributed by atoms with Crippen molar-refractivity contribution in [3.05, 3.63) is 0 Å². The minimum Gasteiger partial charge on any atom is -0.481 e. The third-order valence-electron chi connectivity index (χ3n) is 3.24. The van der Waals surface area contributed by atoms with Crippen LogP contribution >= 0.6 is 0 Å². The summed E-state index contributed by atoms with van der Waals surface area (Å²) in [7, 11) is 0. The molecular weight excluding hydrogens is 208 g/mol. The Balaban J connectivity index is 1.50. The Labute approximate surface area is 94.6 Å². The SMILES string of the molecule is O=C(O)CCCNC(=O)N[C@@H]1C[C@H]1C1CC1. The van der Waals surface area contributed by atoms with Crippen molar-refractivity contribution >= 4 is 12.0 Å². The van der Waals surface area contributed by atoms with Gasteiger partial charge in [-0.15, -0.1) is 0 Å². The molecule has 0 aliphatic heterocycles. The van der Waals surface area contributed by atoms with Gasteiger partial charge in [0.05, 0.1) is 0 Å². The minimum absolute atomic E-state index is 0.106. The Hall–Kier alpha value is -1.26. The standard InChI is InChI=1S/C11H18N2O3/c14-10(15)2-1-5-12-11(16)13-9-6-8(9)7-3-4-7/h7-9H,1-6H2,(H,14,15)(H2,12,13,16)/t8-,9+/m0/s1. The van der Waals surface area contributed by atoms with Crippen molar-refractivity contribution in [3.8, 4) is 0 Å². The van der Waals surface area contributed by atoms with Crippen molar-refractivity contribution in [1.82, 2.24) is 10.6 Å². The second-order valence-corrected chi connectivity index (χ2v) is 4.74. The minimum atomic E-state index is -0.821. The van der Waals surface area contributed by atoms with E-state index in [4.69, 9.17) is 5.11 Å². The fourth-order valence-electron chi connectivity index (χ4n) is 2.09. The fraction of sp³-hybridized carbons (Fsp3) is 0.818. The molecule has 2 rings (SSSR count). The van der Waals surface area contributed by atoms with E-state index in [1.807, 2.05) is 0 Å². The van der Waals surface area contributed by atoms with E-state index in [9.17, 15) is 9.59 Å². The molecule has 2 saturated carbocycles. The van der Waals surface area contributed by atoms with Crippen LogP contribution in [0.4, 0.5) is 4.79 Å². The Morgan fingerprint density at radius 3 is 2.69 bits per heavy atom. The normalized spacial score (nSPS) is 27.2. The maximum Gasteiger partial charge on any atom is 0.315 e. The molecule has 0 radical (unpaired) electrons. The predicted octanol–water partition coefficient (Wildman–Crippen LogP) is 0.949. The number of carboxylic acids is 1. The molecule has 5 heteroatoms. The van der Waals surface area contributed by atoms with E-state index in [2.05, 4.69) is 10.6 Å². The summed E-state index contributed by atoms with van der Waals surface area (Å²) in [6.45, 7) is 0.430. The van der Waals surface area contributed by atoms with Gasteiger partial charge in [-0.05, 0) is 37.5 Å². The Kier molecular flexibility index (Phi) is 3.31. The van der Waals surface area contributed by atoms with Crippen LogP contribution in [0.1, 0.15) is 32.1 Å². The molecule has 16 heavy (non-hydrogen) atoms. The molecule has 0 aromatic rings. The number of hydrogen-bond acceptors (Lipinski definition) is 2. The van der Waals surface area contributed by atoms with E-state index in [1.54, 1.807) is 0 Å². The van der Waals surface area contributed by atoms with Gasteiger partial charge in [0.1, 0.15) is 0 Å². The van der Waals surface area contributed by atoms with E-state index in [0.29, 0.717) is 24.9 Å². The summed E-state index contributed by atoms with van der Waals surface area (Å²) in [6, 6.07) is 0.213. The number of carbonyl (C=O) groups excluding carboxylic acids is 1. The van der Waals surface area contributed by atoms with E-state index in [1.165, 1.54) is 12.8 Å². The molecule has 5 nitrogen and oxygen atoms in total. The second kappa shape index (κ2) is 4.72. The molecule has 90 valence electrons. The number of aliphatic carboxylic acids is 1. The number of hydrogen-bond donors (Lipinski definition) is 3. The van der Waals surface area contributed by atoms with Crippen molar-refractivity contribution in [2.75, 3.05) is 6.54 Å². The molecule has 2 aliphatic carbocycles. The summed E-state index contributed by atoms with van der Waals surface area (Å²) in [6.07, 6.45) is 4.35. The average Bonchev–Trinajstić information content (AvgIpc) is 3.03. The highest BCUT2D eigenvalue weighted by Gasteiger charge is 2.48. The molecule has 0 aromatic carbocycles. The van der Waals surface area contributed by atoms with Crippen LogP contribution < -0.4 is 10.6 Å². The molecule has 0 bridgehead atoms. The lowest BCUT2D eigenvalue weighted by Gasteiger charge is -2.06. The average molecular weight is 226 g/mol. The monoisotopic (exact) mass is 226 g/mol. The molecule has 0 aromatic heterocycles. The number of nitrogens with one attached hydrogen (secondary N) is 2. The van der Waals surface area contributed by atoms with Crippen LogP contribution in [0.15, 0.2) is 0 Å². The lowest BCUT2D eigenvalue weighted by Crippen LogP contribution is -2.38. The molecule has 0 heterocycles. The van der Waals surface area contributed by atoms with Gasteiger partial charge in [-0.2, -0.15) is 0 Å². The third kappa shape index (κ3) is 3.40. The number of carboxylic acid groups (broad SMARTS) is 1. The predicted molar refractivity (Wildman–Crippen MR) is 58.0 cm³/mol. The maximum absolute atomic E-state index is 11.4. The van der Waals surface area contributed by atoms with E-state index in [-0.39, 0.29) is 12.5 Å². The van der Waals surface area contributed by atoms with Crippen LogP contribution in [0.25, 0.3) is 0 Å². The lowest BCUT2D eigenvalue weighted by molar-refractivity contribution is -0.137. The highest BCUT2D eigenvalue weighted by atomic mass is 16.4. The molecule has 2 fully saturated rings. The van der Waals surface area contributed by atoms with E-state index in [0.717, 1.165) is 12.3 Å². The highest BCUT2D eigenvalue weighted by Crippen LogP contribution is 2.49. The number of carbonyl (C=O) groups is 2. The molecule has 0 saturated heterocycles. The number of urea groups is 1. The zero-order valence-electron chi connectivity index (χ0n) is 9.24. The summed E-state index contributed by atoms with van der Waals surface area (Å²) in [5.74, 6) is 0.750. The molecule has 2 amide bonds. The first-order valence-electron chi connectivity index (χ1n) is 5.93. The fourth-order valence-corrected chi connectivity index (χ4v) is 2.09. The topological polar surface area (TPSA) is 78.4 Å². The van der Waals surface area contributed by atoms with Gasteiger partial charge in [0, 0.05) is 19.0 Å². The van der Waals surface area contributed by atoms with Crippen molar-refractivity contribution < 1.29 is 14.7 Å². The highest BCUT2D eigenvalue weighted by molar-refractivity contribution is 5.74. The quantitative estimate of drug-likeness (QED) is 0.590. The molecule has 2 aliphatic rings. The van der Waals surface area contributed by atoms with Crippen LogP contribution in [0, 0.1) is 11.8 Å². The molecule has 3 N–H and O–H groups in total. The van der Waals surface area contributed by atoms with Crippen LogP contribution in [-0.4, -0.2) is 29.7 Å². The van der Waals surface area contributed by atoms with Crippen LogP contribution in [0.3, 0.4) is 0 Å². The van der Waals surface area contributed by atoms with Gasteiger partial charge in [0.25, 0.3) is 0 Å². The van der Waals surface area contributed by atoms with Gasteiger partial charge >= 0.3 is 12.0 Å². The Bertz CT molecular complexity index is 289. The summed E-state index contributed by atoms with van der Waals surface area (Å²) in [4.78, 5) is 21.6. The first kappa shape index (κ1) is 11.2. The summed E-state index contributed by atoms with van der Waals surface area (Å²) >= 11 is 0. The molecular formula is C11H18N2O3. The summed E-state index contributed by atoms with van der Waals surface area (Å²) < 4.78 is 0. The van der Waals surface area contributed by atoms with Gasteiger partial charge in [0.15, 0.2) is 0 Å². The van der Waals surface area contributed by atoms with Gasteiger partial charge in [0.2, 0.25) is 0 Å². The first-order chi connectivity index (χ1) is 7.66. The van der Waals surface area contributed by atoms with Gasteiger partial charge in [-0.3, -0.25) is 4.79 Å². The van der Waals surface area contributed by atoms with Crippen LogP contribution in [0.2, 0.25) is 0 Å². The number of amides is 2. The summed E-state index contributed by atoms with van der Waals surface area (Å²) in [5.41, 5.74) is 0. The Morgan fingerprint density at radius 1 is 1.31 bits per heavy atom. The maximum atomic E-state index is 11.4. The van der Waals surface area contributed by atoms with Crippen molar-refractivity contribution in [1.29, 1.82) is 0 Å². The largest absolute Gasteiger partial charge is 0.481 e. The van der Waals surface area contributed by atoms with Gasteiger partial charge in [-0.25, -0.2) is 4.79 Å². The Morgan fingerprint density at radius 2 is 2.06 bits per heavy atom. The van der Waals surface area contributed by atoms with Crippen molar-refractivity contribution in [2.24, 2.45) is 11.8 Å².